The van der Waals surface area contributed by atoms with Crippen molar-refractivity contribution in [2.45, 2.75) is 64.2 Å². The monoisotopic (exact) mass is 292 g/mol. The third-order valence-electron chi connectivity index (χ3n) is 5.53. The minimum absolute atomic E-state index is 0.219. The normalized spacial score (nSPS) is 18.5. The molecule has 0 atom stereocenters. The summed E-state index contributed by atoms with van der Waals surface area (Å²) >= 11 is 0. The number of rotatable bonds is 2. The quantitative estimate of drug-likeness (QED) is 0.606. The standard InChI is InChI=1S/C22H28/c1-18-12-6-8-14-20(18)22(16-10-4-3-5-11-17-22)21-15-9-7-13-19(21)2/h6-9,12-15H,3-5,10-11,16-17H2,1-2H3. The van der Waals surface area contributed by atoms with Crippen LogP contribution in [0.3, 0.4) is 0 Å². The van der Waals surface area contributed by atoms with Gasteiger partial charge < -0.3 is 0 Å². The highest BCUT2D eigenvalue weighted by Crippen LogP contribution is 2.45. The number of hydrogen-bond acceptors (Lipinski definition) is 0. The van der Waals surface area contributed by atoms with Crippen molar-refractivity contribution in [1.82, 2.24) is 0 Å². The van der Waals surface area contributed by atoms with E-state index < -0.39 is 0 Å². The summed E-state index contributed by atoms with van der Waals surface area (Å²) in [4.78, 5) is 0. The second-order valence-electron chi connectivity index (χ2n) is 6.98. The van der Waals surface area contributed by atoms with Gasteiger partial charge in [0.2, 0.25) is 0 Å². The molecule has 0 heterocycles. The molecule has 2 aromatic rings. The molecule has 0 heteroatoms. The van der Waals surface area contributed by atoms with Gasteiger partial charge in [-0.1, -0.05) is 80.6 Å². The Bertz CT molecular complexity index is 568. The molecule has 1 aliphatic carbocycles. The van der Waals surface area contributed by atoms with Crippen molar-refractivity contribution >= 4 is 0 Å². The van der Waals surface area contributed by atoms with Gasteiger partial charge in [0.1, 0.15) is 0 Å². The summed E-state index contributed by atoms with van der Waals surface area (Å²) in [6, 6.07) is 18.1. The second kappa shape index (κ2) is 6.69. The van der Waals surface area contributed by atoms with Crippen molar-refractivity contribution < 1.29 is 0 Å². The second-order valence-corrected chi connectivity index (χ2v) is 6.98. The molecule has 0 bridgehead atoms. The van der Waals surface area contributed by atoms with Crippen LogP contribution in [-0.4, -0.2) is 0 Å². The first kappa shape index (κ1) is 15.3. The van der Waals surface area contributed by atoms with Crippen molar-refractivity contribution in [3.05, 3.63) is 70.8 Å². The summed E-state index contributed by atoms with van der Waals surface area (Å²) in [6.45, 7) is 4.57. The van der Waals surface area contributed by atoms with Crippen LogP contribution in [0, 0.1) is 13.8 Å². The van der Waals surface area contributed by atoms with Crippen LogP contribution < -0.4 is 0 Å². The fourth-order valence-corrected chi connectivity index (χ4v) is 4.41. The van der Waals surface area contributed by atoms with E-state index in [4.69, 9.17) is 0 Å². The van der Waals surface area contributed by atoms with E-state index in [1.54, 1.807) is 11.1 Å². The zero-order valence-electron chi connectivity index (χ0n) is 14.1. The molecular weight excluding hydrogens is 264 g/mol. The molecule has 22 heavy (non-hydrogen) atoms. The zero-order chi connectivity index (χ0) is 15.4. The lowest BCUT2D eigenvalue weighted by Crippen LogP contribution is -2.30. The van der Waals surface area contributed by atoms with Crippen LogP contribution in [0.2, 0.25) is 0 Å². The van der Waals surface area contributed by atoms with Crippen LogP contribution >= 0.6 is 0 Å². The Hall–Kier alpha value is -1.56. The van der Waals surface area contributed by atoms with Gasteiger partial charge >= 0.3 is 0 Å². The van der Waals surface area contributed by atoms with Gasteiger partial charge in [-0.2, -0.15) is 0 Å². The summed E-state index contributed by atoms with van der Waals surface area (Å²) in [5.41, 5.74) is 6.24. The Labute approximate surface area is 135 Å². The fraction of sp³-hybridized carbons (Fsp3) is 0.455. The van der Waals surface area contributed by atoms with Crippen molar-refractivity contribution in [2.75, 3.05) is 0 Å². The van der Waals surface area contributed by atoms with Gasteiger partial charge in [0.15, 0.2) is 0 Å². The lowest BCUT2D eigenvalue weighted by molar-refractivity contribution is 0.364. The van der Waals surface area contributed by atoms with Crippen LogP contribution in [0.1, 0.15) is 67.2 Å². The lowest BCUT2D eigenvalue weighted by atomic mass is 9.65. The fourth-order valence-electron chi connectivity index (χ4n) is 4.41. The maximum atomic E-state index is 2.38. The Morgan fingerprint density at radius 1 is 0.591 bits per heavy atom. The maximum Gasteiger partial charge on any atom is 0.0208 e. The van der Waals surface area contributed by atoms with Gasteiger partial charge in [0, 0.05) is 5.41 Å². The molecule has 116 valence electrons. The van der Waals surface area contributed by atoms with Crippen molar-refractivity contribution in [3.8, 4) is 0 Å². The van der Waals surface area contributed by atoms with Gasteiger partial charge in [-0.05, 0) is 48.9 Å². The Morgan fingerprint density at radius 2 is 1.00 bits per heavy atom. The summed E-state index contributed by atoms with van der Waals surface area (Å²) in [5, 5.41) is 0. The third-order valence-corrected chi connectivity index (χ3v) is 5.53. The zero-order valence-corrected chi connectivity index (χ0v) is 14.1. The van der Waals surface area contributed by atoms with Crippen LogP contribution in [0.4, 0.5) is 0 Å². The van der Waals surface area contributed by atoms with Crippen molar-refractivity contribution in [1.29, 1.82) is 0 Å². The van der Waals surface area contributed by atoms with Gasteiger partial charge in [0.05, 0.1) is 0 Å². The number of hydrogen-bond donors (Lipinski definition) is 0. The van der Waals surface area contributed by atoms with Gasteiger partial charge in [0.25, 0.3) is 0 Å². The summed E-state index contributed by atoms with van der Waals surface area (Å²) < 4.78 is 0. The molecule has 0 amide bonds. The minimum atomic E-state index is 0.219. The largest absolute Gasteiger partial charge is 0.0620 e. The Morgan fingerprint density at radius 3 is 1.45 bits per heavy atom. The van der Waals surface area contributed by atoms with E-state index in [0.29, 0.717) is 0 Å². The molecule has 3 rings (SSSR count). The Kier molecular flexibility index (Phi) is 4.66. The molecule has 0 nitrogen and oxygen atoms in total. The molecular formula is C22H28. The Balaban J connectivity index is 2.17. The highest BCUT2D eigenvalue weighted by atomic mass is 14.4. The van der Waals surface area contributed by atoms with E-state index in [9.17, 15) is 0 Å². The molecule has 0 radical (unpaired) electrons. The van der Waals surface area contributed by atoms with Crippen LogP contribution in [0.25, 0.3) is 0 Å². The van der Waals surface area contributed by atoms with Gasteiger partial charge in [-0.25, -0.2) is 0 Å². The highest BCUT2D eigenvalue weighted by Gasteiger charge is 2.35. The van der Waals surface area contributed by atoms with Crippen LogP contribution in [-0.2, 0) is 5.41 Å². The molecule has 0 saturated heterocycles. The summed E-state index contributed by atoms with van der Waals surface area (Å²) in [5.74, 6) is 0. The molecule has 1 aliphatic rings. The average molecular weight is 292 g/mol. The SMILES string of the molecule is Cc1ccccc1C1(c2ccccc2C)CCCCCCC1. The first-order valence-electron chi connectivity index (χ1n) is 8.86. The van der Waals surface area contributed by atoms with Crippen LogP contribution in [0.5, 0.6) is 0 Å². The topological polar surface area (TPSA) is 0 Å². The lowest BCUT2D eigenvalue weighted by Gasteiger charge is -2.39. The smallest absolute Gasteiger partial charge is 0.0208 e. The predicted octanol–water partition coefficient (Wildman–Crippen LogP) is 6.33. The molecule has 2 aromatic carbocycles. The van der Waals surface area contributed by atoms with Crippen molar-refractivity contribution in [2.24, 2.45) is 0 Å². The summed E-state index contributed by atoms with van der Waals surface area (Å²) in [6.07, 6.45) is 9.48. The molecule has 0 aliphatic heterocycles. The first-order chi connectivity index (χ1) is 10.7. The molecule has 0 aromatic heterocycles. The van der Waals surface area contributed by atoms with E-state index in [1.165, 1.54) is 56.1 Å². The molecule has 0 spiro atoms. The average Bonchev–Trinajstić information content (AvgIpc) is 2.50. The van der Waals surface area contributed by atoms with Gasteiger partial charge in [-0.3, -0.25) is 0 Å². The number of benzene rings is 2. The number of aryl methyl sites for hydroxylation is 2. The van der Waals surface area contributed by atoms with E-state index in [-0.39, 0.29) is 5.41 Å². The van der Waals surface area contributed by atoms with E-state index in [2.05, 4.69) is 62.4 Å². The summed E-state index contributed by atoms with van der Waals surface area (Å²) in [7, 11) is 0. The highest BCUT2D eigenvalue weighted by molar-refractivity contribution is 5.46. The first-order valence-corrected chi connectivity index (χ1v) is 8.86. The van der Waals surface area contributed by atoms with Crippen molar-refractivity contribution in [3.63, 3.8) is 0 Å². The predicted molar refractivity (Wildman–Crippen MR) is 95.5 cm³/mol. The maximum absolute atomic E-state index is 2.38. The molecule has 0 unspecified atom stereocenters. The third kappa shape index (κ3) is 2.84. The molecule has 1 saturated carbocycles. The van der Waals surface area contributed by atoms with E-state index in [1.807, 2.05) is 0 Å². The molecule has 0 N–H and O–H groups in total. The molecule has 1 fully saturated rings. The van der Waals surface area contributed by atoms with Crippen LogP contribution in [0.15, 0.2) is 48.5 Å². The van der Waals surface area contributed by atoms with E-state index >= 15 is 0 Å². The minimum Gasteiger partial charge on any atom is -0.0620 e. The van der Waals surface area contributed by atoms with Gasteiger partial charge in [-0.15, -0.1) is 0 Å². The van der Waals surface area contributed by atoms with E-state index in [0.717, 1.165) is 0 Å².